The van der Waals surface area contributed by atoms with Crippen molar-refractivity contribution in [1.29, 1.82) is 0 Å². The molecule has 0 spiro atoms. The molecule has 0 bridgehead atoms. The first-order chi connectivity index (χ1) is 11.2. The Morgan fingerprint density at radius 1 is 1.04 bits per heavy atom. The second-order valence-corrected chi connectivity index (χ2v) is 6.61. The Bertz CT molecular complexity index is 855. The minimum Gasteiger partial charge on any atom is -0.374 e. The van der Waals surface area contributed by atoms with Crippen molar-refractivity contribution in [2.75, 3.05) is 10.6 Å². The van der Waals surface area contributed by atoms with Crippen LogP contribution in [0.3, 0.4) is 0 Å². The minimum atomic E-state index is -3.80. The summed E-state index contributed by atoms with van der Waals surface area (Å²) >= 11 is 0. The number of hydrogen-bond acceptors (Lipinski definition) is 4. The van der Waals surface area contributed by atoms with Crippen LogP contribution in [-0.2, 0) is 14.8 Å². The number of carbonyl (C=O) groups excluding carboxylic acids is 1. The number of nitrogens with one attached hydrogen (secondary N) is 2. The topological polar surface area (TPSA) is 101 Å². The van der Waals surface area contributed by atoms with Crippen LogP contribution in [0.5, 0.6) is 0 Å². The summed E-state index contributed by atoms with van der Waals surface area (Å²) in [6.45, 7) is 1.54. The maximum atomic E-state index is 13.1. The molecule has 2 aromatic rings. The van der Waals surface area contributed by atoms with Gasteiger partial charge in [-0.05, 0) is 43.3 Å². The van der Waals surface area contributed by atoms with Gasteiger partial charge in [0.1, 0.15) is 6.04 Å². The number of rotatable bonds is 5. The largest absolute Gasteiger partial charge is 0.374 e. The van der Waals surface area contributed by atoms with Crippen molar-refractivity contribution in [3.05, 3.63) is 54.1 Å². The molecular formula is C15H15F2N3O3S. The summed E-state index contributed by atoms with van der Waals surface area (Å²) in [5.74, 6) is -2.44. The molecule has 24 heavy (non-hydrogen) atoms. The van der Waals surface area contributed by atoms with Crippen LogP contribution < -0.4 is 15.8 Å². The van der Waals surface area contributed by atoms with Crippen molar-refractivity contribution in [3.8, 4) is 0 Å². The number of carbonyl (C=O) groups is 1. The third-order valence-corrected chi connectivity index (χ3v) is 4.08. The van der Waals surface area contributed by atoms with Crippen LogP contribution >= 0.6 is 0 Å². The number of amides is 1. The van der Waals surface area contributed by atoms with Gasteiger partial charge in [-0.25, -0.2) is 22.3 Å². The molecular weight excluding hydrogens is 340 g/mol. The quantitative estimate of drug-likeness (QED) is 0.764. The third kappa shape index (κ3) is 4.49. The monoisotopic (exact) mass is 355 g/mol. The minimum absolute atomic E-state index is 0.0755. The normalized spacial score (nSPS) is 12.5. The van der Waals surface area contributed by atoms with Gasteiger partial charge in [-0.2, -0.15) is 0 Å². The molecule has 0 radical (unpaired) electrons. The lowest BCUT2D eigenvalue weighted by molar-refractivity contribution is -0.116. The maximum absolute atomic E-state index is 13.1. The fourth-order valence-electron chi connectivity index (χ4n) is 1.88. The predicted molar refractivity (Wildman–Crippen MR) is 85.9 cm³/mol. The van der Waals surface area contributed by atoms with Gasteiger partial charge < -0.3 is 10.6 Å². The molecule has 9 heteroatoms. The van der Waals surface area contributed by atoms with Crippen molar-refractivity contribution in [2.24, 2.45) is 5.14 Å². The molecule has 0 heterocycles. The van der Waals surface area contributed by atoms with Gasteiger partial charge in [-0.15, -0.1) is 0 Å². The van der Waals surface area contributed by atoms with Crippen molar-refractivity contribution in [2.45, 2.75) is 17.9 Å². The van der Waals surface area contributed by atoms with Crippen LogP contribution in [0.2, 0.25) is 0 Å². The molecule has 2 rings (SSSR count). The molecule has 0 aliphatic heterocycles. The zero-order valence-electron chi connectivity index (χ0n) is 12.6. The van der Waals surface area contributed by atoms with Gasteiger partial charge >= 0.3 is 0 Å². The molecule has 1 atom stereocenters. The molecule has 2 aromatic carbocycles. The number of anilines is 2. The van der Waals surface area contributed by atoms with Crippen molar-refractivity contribution in [3.63, 3.8) is 0 Å². The van der Waals surface area contributed by atoms with Crippen LogP contribution in [-0.4, -0.2) is 20.4 Å². The van der Waals surface area contributed by atoms with Gasteiger partial charge in [0.25, 0.3) is 0 Å². The summed E-state index contributed by atoms with van der Waals surface area (Å²) in [5, 5.41) is 10.3. The highest BCUT2D eigenvalue weighted by atomic mass is 32.2. The molecule has 0 aromatic heterocycles. The van der Waals surface area contributed by atoms with Gasteiger partial charge in [0.2, 0.25) is 15.9 Å². The summed E-state index contributed by atoms with van der Waals surface area (Å²) in [6, 6.07) is 7.77. The third-order valence-electron chi connectivity index (χ3n) is 3.15. The Labute approximate surface area is 137 Å². The number of sulfonamides is 1. The van der Waals surface area contributed by atoms with E-state index < -0.39 is 33.6 Å². The zero-order valence-corrected chi connectivity index (χ0v) is 13.4. The van der Waals surface area contributed by atoms with Crippen LogP contribution in [0.15, 0.2) is 47.4 Å². The highest BCUT2D eigenvalue weighted by Crippen LogP contribution is 2.16. The molecule has 0 aliphatic rings. The lowest BCUT2D eigenvalue weighted by Gasteiger charge is -2.15. The highest BCUT2D eigenvalue weighted by Gasteiger charge is 2.14. The average molecular weight is 355 g/mol. The Hall–Kier alpha value is -2.52. The summed E-state index contributed by atoms with van der Waals surface area (Å²) in [6.07, 6.45) is 0. The molecule has 0 aliphatic carbocycles. The first-order valence-corrected chi connectivity index (χ1v) is 8.37. The van der Waals surface area contributed by atoms with E-state index in [-0.39, 0.29) is 10.6 Å². The number of nitrogens with two attached hydrogens (primary N) is 1. The summed E-state index contributed by atoms with van der Waals surface area (Å²) in [4.78, 5) is 12.0. The zero-order chi connectivity index (χ0) is 17.9. The fourth-order valence-corrected chi connectivity index (χ4v) is 2.40. The number of benzene rings is 2. The SMILES string of the molecule is CC(Nc1ccc(F)c(F)c1)C(=O)Nc1ccc(S(N)(=O)=O)cc1. The van der Waals surface area contributed by atoms with Crippen molar-refractivity contribution < 1.29 is 22.0 Å². The Balaban J connectivity index is 2.02. The molecule has 0 saturated carbocycles. The molecule has 1 unspecified atom stereocenters. The van der Waals surface area contributed by atoms with Crippen molar-refractivity contribution >= 4 is 27.3 Å². The van der Waals surface area contributed by atoms with Crippen molar-refractivity contribution in [1.82, 2.24) is 0 Å². The van der Waals surface area contributed by atoms with Gasteiger partial charge in [0, 0.05) is 17.4 Å². The van der Waals surface area contributed by atoms with Crippen LogP contribution in [0, 0.1) is 11.6 Å². The molecule has 0 saturated heterocycles. The van der Waals surface area contributed by atoms with E-state index in [2.05, 4.69) is 10.6 Å². The highest BCUT2D eigenvalue weighted by molar-refractivity contribution is 7.89. The maximum Gasteiger partial charge on any atom is 0.246 e. The smallest absolute Gasteiger partial charge is 0.246 e. The second-order valence-electron chi connectivity index (χ2n) is 5.05. The van der Waals surface area contributed by atoms with Gasteiger partial charge in [-0.1, -0.05) is 0 Å². The Morgan fingerprint density at radius 2 is 1.62 bits per heavy atom. The first-order valence-electron chi connectivity index (χ1n) is 6.82. The fraction of sp³-hybridized carbons (Fsp3) is 0.133. The number of halogens is 2. The Kier molecular flexibility index (Phi) is 5.15. The Morgan fingerprint density at radius 3 is 2.17 bits per heavy atom. The van der Waals surface area contributed by atoms with E-state index in [1.807, 2.05) is 0 Å². The van der Waals surface area contributed by atoms with Gasteiger partial charge in [-0.3, -0.25) is 4.79 Å². The van der Waals surface area contributed by atoms with E-state index in [0.717, 1.165) is 12.1 Å². The van der Waals surface area contributed by atoms with Crippen LogP contribution in [0.25, 0.3) is 0 Å². The summed E-state index contributed by atoms with van der Waals surface area (Å²) in [7, 11) is -3.80. The molecule has 4 N–H and O–H groups in total. The number of hydrogen-bond donors (Lipinski definition) is 3. The van der Waals surface area contributed by atoms with Gasteiger partial charge in [0.05, 0.1) is 4.90 Å². The predicted octanol–water partition coefficient (Wildman–Crippen LogP) is 2.05. The van der Waals surface area contributed by atoms with E-state index in [1.165, 1.54) is 37.3 Å². The van der Waals surface area contributed by atoms with E-state index in [1.54, 1.807) is 0 Å². The standard InChI is InChI=1S/C15H15F2N3O3S/c1-9(19-11-4-7-13(16)14(17)8-11)15(21)20-10-2-5-12(6-3-10)24(18,22)23/h2-9,19H,1H3,(H,20,21)(H2,18,22,23). The second kappa shape index (κ2) is 6.93. The average Bonchev–Trinajstić information content (AvgIpc) is 2.50. The summed E-state index contributed by atoms with van der Waals surface area (Å²) < 4.78 is 48.3. The van der Waals surface area contributed by atoms with E-state index in [9.17, 15) is 22.0 Å². The van der Waals surface area contributed by atoms with Gasteiger partial charge in [0.15, 0.2) is 11.6 Å². The lowest BCUT2D eigenvalue weighted by atomic mass is 10.2. The van der Waals surface area contributed by atoms with Crippen LogP contribution in [0.1, 0.15) is 6.92 Å². The van der Waals surface area contributed by atoms with Crippen LogP contribution in [0.4, 0.5) is 20.2 Å². The molecule has 0 fully saturated rings. The lowest BCUT2D eigenvalue weighted by Crippen LogP contribution is -2.31. The summed E-state index contributed by atoms with van der Waals surface area (Å²) in [5.41, 5.74) is 0.618. The number of primary sulfonamides is 1. The molecule has 1 amide bonds. The molecule has 6 nitrogen and oxygen atoms in total. The van der Waals surface area contributed by atoms with E-state index in [4.69, 9.17) is 5.14 Å². The first kappa shape index (κ1) is 17.8. The van der Waals surface area contributed by atoms with E-state index >= 15 is 0 Å². The van der Waals surface area contributed by atoms with E-state index in [0.29, 0.717) is 5.69 Å². The molecule has 128 valence electrons.